The van der Waals surface area contributed by atoms with Gasteiger partial charge in [-0.2, -0.15) is 0 Å². The normalized spacial score (nSPS) is 44.9. The maximum Gasteiger partial charge on any atom is 0.249 e. The molecule has 0 aromatic carbocycles. The summed E-state index contributed by atoms with van der Waals surface area (Å²) in [5.41, 5.74) is 29.6. The van der Waals surface area contributed by atoms with Gasteiger partial charge in [0.05, 0.1) is 30.8 Å². The van der Waals surface area contributed by atoms with Crippen molar-refractivity contribution in [3.63, 3.8) is 0 Å². The molecule has 16 heteroatoms. The van der Waals surface area contributed by atoms with Crippen molar-refractivity contribution in [2.24, 2.45) is 28.7 Å². The molecule has 0 unspecified atom stereocenters. The summed E-state index contributed by atoms with van der Waals surface area (Å²) in [5.74, 6) is -0.762. The molecule has 38 heavy (non-hydrogen) atoms. The van der Waals surface area contributed by atoms with Crippen LogP contribution in [0.5, 0.6) is 0 Å². The second-order valence-electron chi connectivity index (χ2n) is 10.2. The number of hydrogen-bond donors (Lipinski definition) is 11. The van der Waals surface area contributed by atoms with Gasteiger partial charge in [-0.1, -0.05) is 0 Å². The number of carbonyl (C=O) groups excluding carboxylic acids is 1. The number of carbonyl (C=O) groups is 1. The molecule has 3 fully saturated rings. The fraction of sp³-hybridized carbons (Fsp3) is 0.955. The molecule has 3 aliphatic rings. The molecule has 222 valence electrons. The molecular weight excluding hydrogens is 508 g/mol. The average molecular weight is 553 g/mol. The minimum Gasteiger partial charge on any atom is -0.394 e. The quantitative estimate of drug-likeness (QED) is 0.120. The van der Waals surface area contributed by atoms with Gasteiger partial charge in [-0.25, -0.2) is 0 Å². The first-order valence-electron chi connectivity index (χ1n) is 12.9. The van der Waals surface area contributed by atoms with Gasteiger partial charge in [0.1, 0.15) is 42.7 Å². The van der Waals surface area contributed by atoms with Crippen LogP contribution in [0.1, 0.15) is 25.7 Å². The van der Waals surface area contributed by atoms with Gasteiger partial charge in [-0.3, -0.25) is 4.79 Å². The van der Waals surface area contributed by atoms with Crippen LogP contribution in [0.15, 0.2) is 0 Å². The number of aliphatic hydroxyl groups excluding tert-OH is 5. The van der Waals surface area contributed by atoms with Gasteiger partial charge < -0.3 is 78.5 Å². The number of ether oxygens (including phenoxy) is 4. The zero-order valence-electron chi connectivity index (χ0n) is 21.2. The van der Waals surface area contributed by atoms with Gasteiger partial charge >= 0.3 is 0 Å². The molecule has 0 radical (unpaired) electrons. The van der Waals surface area contributed by atoms with Crippen LogP contribution in [0, 0.1) is 0 Å². The van der Waals surface area contributed by atoms with Crippen molar-refractivity contribution in [3.05, 3.63) is 0 Å². The lowest BCUT2D eigenvalue weighted by Crippen LogP contribution is -2.69. The van der Waals surface area contributed by atoms with Crippen LogP contribution < -0.4 is 34.0 Å². The average Bonchev–Trinajstić information content (AvgIpc) is 2.89. The minimum atomic E-state index is -1.55. The van der Waals surface area contributed by atoms with Crippen LogP contribution in [-0.2, 0) is 23.7 Å². The Kier molecular flexibility index (Phi) is 11.6. The van der Waals surface area contributed by atoms with E-state index in [1.807, 2.05) is 0 Å². The van der Waals surface area contributed by atoms with Crippen LogP contribution in [0.2, 0.25) is 0 Å². The zero-order valence-corrected chi connectivity index (χ0v) is 21.2. The standard InChI is InChI=1S/C22H44N6O10/c23-4-3-12(30)20(34)28-11-5-10(26)18(37-21-9(25)2-1-8(6-24)35-21)17(33)19(11)38-22-16(32)14(27)15(31)13(7-29)36-22/h8-19,21-22,29-33H,1-7,23-27H2,(H,28,34)/t8-,9+,10-,11+,12-,13-,14-,15+,16+,17-,18+,19-,21+,22+/m0/s1. The van der Waals surface area contributed by atoms with Crippen LogP contribution in [0.25, 0.3) is 0 Å². The Labute approximate surface area is 220 Å². The first-order chi connectivity index (χ1) is 18.0. The Hall–Kier alpha value is -1.09. The van der Waals surface area contributed by atoms with E-state index in [0.717, 1.165) is 0 Å². The molecule has 14 atom stereocenters. The number of hydrogen-bond acceptors (Lipinski definition) is 15. The predicted octanol–water partition coefficient (Wildman–Crippen LogP) is -6.40. The summed E-state index contributed by atoms with van der Waals surface area (Å²) in [6.45, 7) is -0.296. The maximum atomic E-state index is 12.6. The summed E-state index contributed by atoms with van der Waals surface area (Å²) in [4.78, 5) is 12.6. The summed E-state index contributed by atoms with van der Waals surface area (Å²) in [7, 11) is 0. The van der Waals surface area contributed by atoms with Crippen LogP contribution in [0.3, 0.4) is 0 Å². The smallest absolute Gasteiger partial charge is 0.249 e. The Morgan fingerprint density at radius 2 is 1.63 bits per heavy atom. The Balaban J connectivity index is 1.82. The van der Waals surface area contributed by atoms with Gasteiger partial charge in [-0.05, 0) is 32.2 Å². The highest BCUT2D eigenvalue weighted by Gasteiger charge is 2.51. The molecule has 0 aromatic heterocycles. The van der Waals surface area contributed by atoms with E-state index in [2.05, 4.69) is 5.32 Å². The summed E-state index contributed by atoms with van der Waals surface area (Å²) < 4.78 is 23.3. The topological polar surface area (TPSA) is 297 Å². The predicted molar refractivity (Wildman–Crippen MR) is 131 cm³/mol. The zero-order chi connectivity index (χ0) is 28.1. The first-order valence-corrected chi connectivity index (χ1v) is 12.9. The Morgan fingerprint density at radius 1 is 0.947 bits per heavy atom. The highest BCUT2D eigenvalue weighted by atomic mass is 16.7. The molecule has 0 aromatic rings. The molecule has 3 rings (SSSR count). The Bertz CT molecular complexity index is 755. The third-order valence-corrected chi connectivity index (χ3v) is 7.37. The van der Waals surface area contributed by atoms with E-state index < -0.39 is 92.0 Å². The molecule has 2 saturated heterocycles. The molecular formula is C22H44N6O10. The third kappa shape index (κ3) is 7.15. The van der Waals surface area contributed by atoms with E-state index in [4.69, 9.17) is 47.6 Å². The van der Waals surface area contributed by atoms with Crippen LogP contribution in [0.4, 0.5) is 0 Å². The van der Waals surface area contributed by atoms with E-state index in [9.17, 15) is 30.3 Å². The summed E-state index contributed by atoms with van der Waals surface area (Å²) in [6, 6.07) is -3.54. The lowest BCUT2D eigenvalue weighted by Gasteiger charge is -2.48. The van der Waals surface area contributed by atoms with Crippen molar-refractivity contribution in [3.8, 4) is 0 Å². The third-order valence-electron chi connectivity index (χ3n) is 7.37. The second-order valence-corrected chi connectivity index (χ2v) is 10.2. The SMILES string of the molecule is NCC[C@H](O)C(=O)N[C@@H]1C[C@H](N)[C@@H](O[C@H]2O[C@H](CN)CC[C@H]2N)[C@H](O)[C@H]1O[C@H]1O[C@@H](CO)[C@@H](O)[C@H](N)[C@H]1O. The fourth-order valence-corrected chi connectivity index (χ4v) is 5.02. The number of nitrogens with one attached hydrogen (secondary N) is 1. The molecule has 1 amide bonds. The molecule has 2 aliphatic heterocycles. The number of nitrogens with two attached hydrogens (primary N) is 5. The van der Waals surface area contributed by atoms with Crippen LogP contribution >= 0.6 is 0 Å². The van der Waals surface area contributed by atoms with E-state index in [0.29, 0.717) is 12.8 Å². The molecule has 1 aliphatic carbocycles. The van der Waals surface area contributed by atoms with Crippen molar-refractivity contribution >= 4 is 5.91 Å². The van der Waals surface area contributed by atoms with E-state index in [-0.39, 0.29) is 32.0 Å². The van der Waals surface area contributed by atoms with Crippen molar-refractivity contribution in [1.29, 1.82) is 0 Å². The molecule has 16 nitrogen and oxygen atoms in total. The van der Waals surface area contributed by atoms with Crippen molar-refractivity contribution < 1.29 is 49.3 Å². The molecule has 2 heterocycles. The van der Waals surface area contributed by atoms with Gasteiger partial charge in [-0.15, -0.1) is 0 Å². The van der Waals surface area contributed by atoms with Crippen molar-refractivity contribution in [2.45, 2.75) is 111 Å². The van der Waals surface area contributed by atoms with Crippen LogP contribution in [-0.4, -0.2) is 137 Å². The molecule has 0 spiro atoms. The van der Waals surface area contributed by atoms with E-state index in [1.54, 1.807) is 0 Å². The van der Waals surface area contributed by atoms with Crippen molar-refractivity contribution in [1.82, 2.24) is 5.32 Å². The highest BCUT2D eigenvalue weighted by Crippen LogP contribution is 2.31. The van der Waals surface area contributed by atoms with Gasteiger partial charge in [0.15, 0.2) is 12.6 Å². The summed E-state index contributed by atoms with van der Waals surface area (Å²) in [5, 5.41) is 54.4. The molecule has 0 bridgehead atoms. The van der Waals surface area contributed by atoms with E-state index in [1.165, 1.54) is 0 Å². The largest absolute Gasteiger partial charge is 0.394 e. The number of rotatable bonds is 10. The monoisotopic (exact) mass is 552 g/mol. The lowest BCUT2D eigenvalue weighted by molar-refractivity contribution is -0.314. The van der Waals surface area contributed by atoms with Crippen molar-refractivity contribution in [2.75, 3.05) is 19.7 Å². The highest BCUT2D eigenvalue weighted by molar-refractivity contribution is 5.80. The molecule has 16 N–H and O–H groups in total. The van der Waals surface area contributed by atoms with Gasteiger partial charge in [0.25, 0.3) is 0 Å². The lowest BCUT2D eigenvalue weighted by atomic mass is 9.83. The fourth-order valence-electron chi connectivity index (χ4n) is 5.02. The summed E-state index contributed by atoms with van der Waals surface area (Å²) >= 11 is 0. The second kappa shape index (κ2) is 14.0. The number of aliphatic hydroxyl groups is 5. The number of amides is 1. The van der Waals surface area contributed by atoms with Gasteiger partial charge in [0.2, 0.25) is 5.91 Å². The molecule has 1 saturated carbocycles. The minimum absolute atomic E-state index is 0.000983. The first kappa shape index (κ1) is 31.4. The summed E-state index contributed by atoms with van der Waals surface area (Å²) in [6.07, 6.45) is -10.8. The Morgan fingerprint density at radius 3 is 2.26 bits per heavy atom. The maximum absolute atomic E-state index is 12.6. The van der Waals surface area contributed by atoms with Gasteiger partial charge in [0, 0.05) is 12.6 Å². The van der Waals surface area contributed by atoms with E-state index >= 15 is 0 Å².